The smallest absolute Gasteiger partial charge is 0.257 e. The van der Waals surface area contributed by atoms with E-state index in [4.69, 9.17) is 10.3 Å². The van der Waals surface area contributed by atoms with E-state index in [0.717, 1.165) is 35.9 Å². The molecular weight excluding hydrogens is 246 g/mol. The van der Waals surface area contributed by atoms with Crippen molar-refractivity contribution in [3.8, 4) is 11.5 Å². The zero-order chi connectivity index (χ0) is 12.8. The standard InChI is InChI=1S/C13H17N3OS/c1-10-3-5-11(6-4-10)13-15-12(16-17-13)9-18-8-2-7-14/h3-6H,2,7-9,14H2,1H3. The van der Waals surface area contributed by atoms with Crippen molar-refractivity contribution in [1.82, 2.24) is 10.1 Å². The lowest BCUT2D eigenvalue weighted by molar-refractivity contribution is 0.425. The van der Waals surface area contributed by atoms with E-state index in [2.05, 4.69) is 17.1 Å². The Morgan fingerprint density at radius 1 is 1.28 bits per heavy atom. The monoisotopic (exact) mass is 263 g/mol. The van der Waals surface area contributed by atoms with E-state index in [-0.39, 0.29) is 0 Å². The molecule has 0 aliphatic rings. The largest absolute Gasteiger partial charge is 0.334 e. The summed E-state index contributed by atoms with van der Waals surface area (Å²) in [5, 5.41) is 3.97. The van der Waals surface area contributed by atoms with E-state index in [1.165, 1.54) is 5.56 Å². The summed E-state index contributed by atoms with van der Waals surface area (Å²) in [6.07, 6.45) is 1.02. The Bertz CT molecular complexity index is 481. The van der Waals surface area contributed by atoms with Crippen LogP contribution in [0.1, 0.15) is 17.8 Å². The molecule has 2 rings (SSSR count). The molecule has 0 fully saturated rings. The van der Waals surface area contributed by atoms with Crippen LogP contribution in [0.25, 0.3) is 11.5 Å². The van der Waals surface area contributed by atoms with Gasteiger partial charge in [-0.3, -0.25) is 0 Å². The molecule has 18 heavy (non-hydrogen) atoms. The van der Waals surface area contributed by atoms with E-state index < -0.39 is 0 Å². The first-order valence-electron chi connectivity index (χ1n) is 5.97. The molecule has 2 N–H and O–H groups in total. The van der Waals surface area contributed by atoms with Crippen LogP contribution in [0.5, 0.6) is 0 Å². The Morgan fingerprint density at radius 3 is 2.78 bits per heavy atom. The van der Waals surface area contributed by atoms with Gasteiger partial charge in [-0.15, -0.1) is 0 Å². The maximum atomic E-state index is 5.44. The quantitative estimate of drug-likeness (QED) is 0.812. The van der Waals surface area contributed by atoms with E-state index in [9.17, 15) is 0 Å². The fourth-order valence-corrected chi connectivity index (χ4v) is 2.29. The van der Waals surface area contributed by atoms with Crippen LogP contribution < -0.4 is 5.73 Å². The Kier molecular flexibility index (Phi) is 4.78. The van der Waals surface area contributed by atoms with Crippen LogP contribution in [0.2, 0.25) is 0 Å². The molecule has 0 saturated carbocycles. The lowest BCUT2D eigenvalue weighted by Gasteiger charge is -1.95. The van der Waals surface area contributed by atoms with Crippen molar-refractivity contribution >= 4 is 11.8 Å². The van der Waals surface area contributed by atoms with Gasteiger partial charge < -0.3 is 10.3 Å². The van der Waals surface area contributed by atoms with Crippen molar-refractivity contribution in [3.63, 3.8) is 0 Å². The van der Waals surface area contributed by atoms with Gasteiger partial charge in [0.25, 0.3) is 5.89 Å². The van der Waals surface area contributed by atoms with Crippen LogP contribution in [0.4, 0.5) is 0 Å². The van der Waals surface area contributed by atoms with Gasteiger partial charge in [0.15, 0.2) is 5.82 Å². The van der Waals surface area contributed by atoms with Gasteiger partial charge in [-0.25, -0.2) is 0 Å². The predicted molar refractivity (Wildman–Crippen MR) is 74.3 cm³/mol. The Hall–Kier alpha value is -1.33. The van der Waals surface area contributed by atoms with Crippen LogP contribution in [0.15, 0.2) is 28.8 Å². The van der Waals surface area contributed by atoms with Crippen LogP contribution in [-0.4, -0.2) is 22.4 Å². The number of thioether (sulfide) groups is 1. The number of aryl methyl sites for hydroxylation is 1. The maximum Gasteiger partial charge on any atom is 0.257 e. The number of rotatable bonds is 6. The summed E-state index contributed by atoms with van der Waals surface area (Å²) in [4.78, 5) is 4.38. The highest BCUT2D eigenvalue weighted by molar-refractivity contribution is 7.98. The van der Waals surface area contributed by atoms with E-state index in [0.29, 0.717) is 5.89 Å². The highest BCUT2D eigenvalue weighted by Gasteiger charge is 2.08. The molecule has 2 aromatic rings. The second kappa shape index (κ2) is 6.56. The Labute approximate surface area is 111 Å². The van der Waals surface area contributed by atoms with Gasteiger partial charge in [0.1, 0.15) is 0 Å². The fourth-order valence-electron chi connectivity index (χ4n) is 1.47. The maximum absolute atomic E-state index is 5.44. The average molecular weight is 263 g/mol. The molecule has 0 amide bonds. The van der Waals surface area contributed by atoms with Gasteiger partial charge in [0.2, 0.25) is 0 Å². The van der Waals surface area contributed by atoms with E-state index in [1.54, 1.807) is 11.8 Å². The highest BCUT2D eigenvalue weighted by atomic mass is 32.2. The van der Waals surface area contributed by atoms with E-state index in [1.807, 2.05) is 24.3 Å². The first-order chi connectivity index (χ1) is 8.79. The molecule has 0 bridgehead atoms. The Balaban J connectivity index is 1.95. The molecule has 0 atom stereocenters. The molecule has 0 saturated heterocycles. The van der Waals surface area contributed by atoms with Crippen LogP contribution in [0.3, 0.4) is 0 Å². The molecule has 4 nitrogen and oxygen atoms in total. The molecule has 0 aliphatic carbocycles. The summed E-state index contributed by atoms with van der Waals surface area (Å²) in [5.41, 5.74) is 7.62. The summed E-state index contributed by atoms with van der Waals surface area (Å²) in [7, 11) is 0. The predicted octanol–water partition coefficient (Wildman–Crippen LogP) is 2.63. The van der Waals surface area contributed by atoms with Crippen LogP contribution >= 0.6 is 11.8 Å². The average Bonchev–Trinajstić information content (AvgIpc) is 2.84. The molecule has 1 heterocycles. The topological polar surface area (TPSA) is 64.9 Å². The Morgan fingerprint density at radius 2 is 2.06 bits per heavy atom. The summed E-state index contributed by atoms with van der Waals surface area (Å²) in [6, 6.07) is 8.06. The zero-order valence-corrected chi connectivity index (χ0v) is 11.2. The van der Waals surface area contributed by atoms with Crippen molar-refractivity contribution in [2.24, 2.45) is 5.73 Å². The minimum atomic E-state index is 0.587. The number of benzene rings is 1. The third-order valence-electron chi connectivity index (χ3n) is 2.49. The van der Waals surface area contributed by atoms with Gasteiger partial charge >= 0.3 is 0 Å². The molecule has 5 heteroatoms. The highest BCUT2D eigenvalue weighted by Crippen LogP contribution is 2.19. The van der Waals surface area contributed by atoms with Crippen molar-refractivity contribution in [3.05, 3.63) is 35.7 Å². The second-order valence-electron chi connectivity index (χ2n) is 4.08. The van der Waals surface area contributed by atoms with Crippen molar-refractivity contribution in [1.29, 1.82) is 0 Å². The van der Waals surface area contributed by atoms with Gasteiger partial charge in [0, 0.05) is 5.56 Å². The first kappa shape index (κ1) is 13.1. The van der Waals surface area contributed by atoms with Gasteiger partial charge in [-0.1, -0.05) is 22.9 Å². The third-order valence-corrected chi connectivity index (χ3v) is 3.53. The molecule has 0 radical (unpaired) electrons. The molecule has 0 spiro atoms. The minimum Gasteiger partial charge on any atom is -0.334 e. The van der Waals surface area contributed by atoms with E-state index >= 15 is 0 Å². The number of nitrogens with two attached hydrogens (primary N) is 1. The van der Waals surface area contributed by atoms with Crippen LogP contribution in [-0.2, 0) is 5.75 Å². The fraction of sp³-hybridized carbons (Fsp3) is 0.385. The SMILES string of the molecule is Cc1ccc(-c2nc(CSCCCN)no2)cc1. The number of nitrogens with zero attached hydrogens (tertiary/aromatic N) is 2. The second-order valence-corrected chi connectivity index (χ2v) is 5.18. The number of hydrogen-bond acceptors (Lipinski definition) is 5. The summed E-state index contributed by atoms with van der Waals surface area (Å²) in [6.45, 7) is 2.78. The van der Waals surface area contributed by atoms with Gasteiger partial charge in [-0.05, 0) is 37.8 Å². The molecular formula is C13H17N3OS. The molecule has 0 unspecified atom stereocenters. The third kappa shape index (κ3) is 3.58. The summed E-state index contributed by atoms with van der Waals surface area (Å²) in [5.74, 6) is 3.14. The number of hydrogen-bond donors (Lipinski definition) is 1. The summed E-state index contributed by atoms with van der Waals surface area (Å²) < 4.78 is 5.25. The molecule has 1 aromatic carbocycles. The van der Waals surface area contributed by atoms with Crippen molar-refractivity contribution < 1.29 is 4.52 Å². The molecule has 0 aliphatic heterocycles. The normalized spacial score (nSPS) is 10.8. The summed E-state index contributed by atoms with van der Waals surface area (Å²) >= 11 is 1.78. The zero-order valence-electron chi connectivity index (χ0n) is 10.4. The van der Waals surface area contributed by atoms with Crippen molar-refractivity contribution in [2.45, 2.75) is 19.1 Å². The molecule has 96 valence electrons. The van der Waals surface area contributed by atoms with Crippen LogP contribution in [0, 0.1) is 6.92 Å². The van der Waals surface area contributed by atoms with Gasteiger partial charge in [0.05, 0.1) is 5.75 Å². The molecule has 1 aromatic heterocycles. The van der Waals surface area contributed by atoms with Crippen molar-refractivity contribution in [2.75, 3.05) is 12.3 Å². The lowest BCUT2D eigenvalue weighted by atomic mass is 10.1. The first-order valence-corrected chi connectivity index (χ1v) is 7.12. The lowest BCUT2D eigenvalue weighted by Crippen LogP contribution is -1.99. The van der Waals surface area contributed by atoms with Gasteiger partial charge in [-0.2, -0.15) is 16.7 Å². The minimum absolute atomic E-state index is 0.587. The number of aromatic nitrogens is 2.